The molecule has 1 amide bonds. The van der Waals surface area contributed by atoms with Crippen molar-refractivity contribution in [3.8, 4) is 5.75 Å². The fourth-order valence-electron chi connectivity index (χ4n) is 3.63. The van der Waals surface area contributed by atoms with E-state index in [4.69, 9.17) is 4.74 Å². The summed E-state index contributed by atoms with van der Waals surface area (Å²) in [5.74, 6) is 0.679. The number of aryl methyl sites for hydroxylation is 4. The average molecular weight is 307 g/mol. The number of ether oxygens (including phenoxy) is 1. The second-order valence-electron chi connectivity index (χ2n) is 6.46. The van der Waals surface area contributed by atoms with E-state index in [-0.39, 0.29) is 12.5 Å². The SMILES string of the molecule is O=C(COc1ccc2c(c1)CCC2)Nc1ccc2c(c1)CCC2. The Morgan fingerprint density at radius 1 is 0.870 bits per heavy atom. The lowest BCUT2D eigenvalue weighted by molar-refractivity contribution is -0.118. The minimum atomic E-state index is -0.108. The summed E-state index contributed by atoms with van der Waals surface area (Å²) < 4.78 is 5.65. The van der Waals surface area contributed by atoms with Gasteiger partial charge in [-0.1, -0.05) is 12.1 Å². The molecule has 4 rings (SSSR count). The lowest BCUT2D eigenvalue weighted by Gasteiger charge is -2.10. The van der Waals surface area contributed by atoms with Crippen LogP contribution >= 0.6 is 0 Å². The summed E-state index contributed by atoms with van der Waals surface area (Å²) >= 11 is 0. The number of benzene rings is 2. The van der Waals surface area contributed by atoms with Gasteiger partial charge in [0.25, 0.3) is 5.91 Å². The van der Waals surface area contributed by atoms with E-state index in [9.17, 15) is 4.79 Å². The van der Waals surface area contributed by atoms with Crippen molar-refractivity contribution < 1.29 is 9.53 Å². The summed E-state index contributed by atoms with van der Waals surface area (Å²) in [5.41, 5.74) is 6.43. The predicted octanol–water partition coefficient (Wildman–Crippen LogP) is 3.68. The zero-order valence-corrected chi connectivity index (χ0v) is 13.2. The van der Waals surface area contributed by atoms with Crippen molar-refractivity contribution in [2.24, 2.45) is 0 Å². The lowest BCUT2D eigenvalue weighted by atomic mass is 10.1. The minimum absolute atomic E-state index is 0.0515. The molecule has 0 atom stereocenters. The molecule has 23 heavy (non-hydrogen) atoms. The number of amides is 1. The molecular formula is C20H21NO2. The monoisotopic (exact) mass is 307 g/mol. The van der Waals surface area contributed by atoms with Crippen molar-refractivity contribution in [2.75, 3.05) is 11.9 Å². The third-order valence-corrected chi connectivity index (χ3v) is 4.82. The number of carbonyl (C=O) groups is 1. The smallest absolute Gasteiger partial charge is 0.262 e. The normalized spacial score (nSPS) is 15.1. The van der Waals surface area contributed by atoms with Gasteiger partial charge >= 0.3 is 0 Å². The first kappa shape index (κ1) is 14.3. The Bertz CT molecular complexity index is 751. The highest BCUT2D eigenvalue weighted by Gasteiger charge is 2.13. The van der Waals surface area contributed by atoms with Gasteiger partial charge in [0, 0.05) is 5.69 Å². The van der Waals surface area contributed by atoms with Gasteiger partial charge in [-0.15, -0.1) is 0 Å². The van der Waals surface area contributed by atoms with Gasteiger partial charge in [-0.25, -0.2) is 0 Å². The van der Waals surface area contributed by atoms with Gasteiger partial charge in [0.05, 0.1) is 0 Å². The molecule has 0 saturated heterocycles. The molecule has 0 heterocycles. The van der Waals surface area contributed by atoms with Crippen LogP contribution < -0.4 is 10.1 Å². The number of nitrogens with one attached hydrogen (secondary N) is 1. The Hall–Kier alpha value is -2.29. The first-order valence-electron chi connectivity index (χ1n) is 8.44. The lowest BCUT2D eigenvalue weighted by Crippen LogP contribution is -2.20. The third kappa shape index (κ3) is 3.09. The molecule has 2 aliphatic rings. The Labute approximate surface area is 136 Å². The zero-order valence-electron chi connectivity index (χ0n) is 13.2. The highest BCUT2D eigenvalue weighted by Crippen LogP contribution is 2.26. The van der Waals surface area contributed by atoms with Crippen LogP contribution in [0.3, 0.4) is 0 Å². The molecular weight excluding hydrogens is 286 g/mol. The van der Waals surface area contributed by atoms with Crippen LogP contribution in [-0.4, -0.2) is 12.5 Å². The maximum atomic E-state index is 12.1. The van der Waals surface area contributed by atoms with E-state index in [1.165, 1.54) is 35.1 Å². The van der Waals surface area contributed by atoms with Crippen molar-refractivity contribution >= 4 is 11.6 Å². The Morgan fingerprint density at radius 3 is 2.30 bits per heavy atom. The Balaban J connectivity index is 1.35. The molecule has 0 aliphatic heterocycles. The van der Waals surface area contributed by atoms with Crippen LogP contribution in [0.1, 0.15) is 35.1 Å². The second kappa shape index (κ2) is 6.07. The minimum Gasteiger partial charge on any atom is -0.484 e. The van der Waals surface area contributed by atoms with E-state index in [1.807, 2.05) is 12.1 Å². The number of hydrogen-bond donors (Lipinski definition) is 1. The molecule has 118 valence electrons. The van der Waals surface area contributed by atoms with E-state index in [0.717, 1.165) is 37.1 Å². The van der Waals surface area contributed by atoms with Crippen molar-refractivity contribution in [2.45, 2.75) is 38.5 Å². The first-order valence-corrected chi connectivity index (χ1v) is 8.44. The standard InChI is InChI=1S/C20H21NO2/c22-20(21-18-9-7-14-3-1-5-16(14)11-18)13-23-19-10-8-15-4-2-6-17(15)12-19/h7-12H,1-6,13H2,(H,21,22). The maximum absolute atomic E-state index is 12.1. The molecule has 0 saturated carbocycles. The largest absolute Gasteiger partial charge is 0.484 e. The summed E-state index contributed by atoms with van der Waals surface area (Å²) in [6, 6.07) is 12.4. The zero-order chi connectivity index (χ0) is 15.6. The summed E-state index contributed by atoms with van der Waals surface area (Å²) in [4.78, 5) is 12.1. The highest BCUT2D eigenvalue weighted by molar-refractivity contribution is 5.92. The number of hydrogen-bond acceptors (Lipinski definition) is 2. The van der Waals surface area contributed by atoms with Gasteiger partial charge in [0.2, 0.25) is 0 Å². The fraction of sp³-hybridized carbons (Fsp3) is 0.350. The van der Waals surface area contributed by atoms with E-state index in [0.29, 0.717) is 0 Å². The van der Waals surface area contributed by atoms with E-state index in [1.54, 1.807) is 0 Å². The van der Waals surface area contributed by atoms with Crippen LogP contribution in [0.15, 0.2) is 36.4 Å². The van der Waals surface area contributed by atoms with E-state index >= 15 is 0 Å². The molecule has 1 N–H and O–H groups in total. The third-order valence-electron chi connectivity index (χ3n) is 4.82. The number of anilines is 1. The predicted molar refractivity (Wildman–Crippen MR) is 91.1 cm³/mol. The van der Waals surface area contributed by atoms with Gasteiger partial charge in [0.1, 0.15) is 5.75 Å². The highest BCUT2D eigenvalue weighted by atomic mass is 16.5. The van der Waals surface area contributed by atoms with Crippen LogP contribution in [0.25, 0.3) is 0 Å². The molecule has 0 radical (unpaired) electrons. The van der Waals surface area contributed by atoms with Crippen LogP contribution in [0, 0.1) is 0 Å². The van der Waals surface area contributed by atoms with Gasteiger partial charge < -0.3 is 10.1 Å². The molecule has 2 aliphatic carbocycles. The molecule has 2 aromatic rings. The molecule has 0 unspecified atom stereocenters. The van der Waals surface area contributed by atoms with Crippen LogP contribution in [-0.2, 0) is 30.5 Å². The van der Waals surface area contributed by atoms with Crippen LogP contribution in [0.2, 0.25) is 0 Å². The molecule has 0 spiro atoms. The summed E-state index contributed by atoms with van der Waals surface area (Å²) in [5, 5.41) is 2.93. The number of rotatable bonds is 4. The summed E-state index contributed by atoms with van der Waals surface area (Å²) in [6.07, 6.45) is 6.99. The van der Waals surface area contributed by atoms with Crippen molar-refractivity contribution in [3.63, 3.8) is 0 Å². The molecule has 3 heteroatoms. The molecule has 2 aromatic carbocycles. The Morgan fingerprint density at radius 2 is 1.52 bits per heavy atom. The van der Waals surface area contributed by atoms with Crippen LogP contribution in [0.4, 0.5) is 5.69 Å². The number of carbonyl (C=O) groups excluding carboxylic acids is 1. The first-order chi connectivity index (χ1) is 11.3. The average Bonchev–Trinajstić information content (AvgIpc) is 3.20. The van der Waals surface area contributed by atoms with Crippen molar-refractivity contribution in [1.29, 1.82) is 0 Å². The van der Waals surface area contributed by atoms with Crippen molar-refractivity contribution in [3.05, 3.63) is 58.7 Å². The quantitative estimate of drug-likeness (QED) is 0.935. The van der Waals surface area contributed by atoms with Gasteiger partial charge in [-0.05, 0) is 85.0 Å². The summed E-state index contributed by atoms with van der Waals surface area (Å²) in [7, 11) is 0. The van der Waals surface area contributed by atoms with Crippen LogP contribution in [0.5, 0.6) is 5.75 Å². The maximum Gasteiger partial charge on any atom is 0.262 e. The van der Waals surface area contributed by atoms with Gasteiger partial charge in [-0.3, -0.25) is 4.79 Å². The number of fused-ring (bicyclic) bond motifs is 2. The van der Waals surface area contributed by atoms with Crippen molar-refractivity contribution in [1.82, 2.24) is 0 Å². The molecule has 3 nitrogen and oxygen atoms in total. The molecule has 0 bridgehead atoms. The van der Waals surface area contributed by atoms with Gasteiger partial charge in [0.15, 0.2) is 6.61 Å². The molecule has 0 aromatic heterocycles. The topological polar surface area (TPSA) is 38.3 Å². The molecule has 0 fully saturated rings. The fourth-order valence-corrected chi connectivity index (χ4v) is 3.63. The second-order valence-corrected chi connectivity index (χ2v) is 6.46. The van der Waals surface area contributed by atoms with E-state index in [2.05, 4.69) is 29.6 Å². The van der Waals surface area contributed by atoms with Gasteiger partial charge in [-0.2, -0.15) is 0 Å². The van der Waals surface area contributed by atoms with E-state index < -0.39 is 0 Å². The Kier molecular flexibility index (Phi) is 3.78. The summed E-state index contributed by atoms with van der Waals surface area (Å²) in [6.45, 7) is 0.0515.